The smallest absolute Gasteiger partial charge is 0.381 e. The molecular formula is C20H24F6N2O2S. The molecule has 1 aliphatic heterocycles. The van der Waals surface area contributed by atoms with Crippen LogP contribution < -0.4 is 5.32 Å². The third-order valence-electron chi connectivity index (χ3n) is 5.07. The zero-order chi connectivity index (χ0) is 23.4. The van der Waals surface area contributed by atoms with Crippen LogP contribution in [-0.2, 0) is 10.0 Å². The second kappa shape index (κ2) is 9.64. The normalized spacial score (nSPS) is 22.1. The zero-order valence-corrected chi connectivity index (χ0v) is 17.7. The molecule has 0 radical (unpaired) electrons. The fraction of sp³-hybridized carbons (Fsp3) is 0.500. The Hall–Kier alpha value is -2.01. The molecule has 2 rings (SSSR count). The van der Waals surface area contributed by atoms with Crippen molar-refractivity contribution < 1.29 is 34.8 Å². The quantitative estimate of drug-likeness (QED) is 0.433. The summed E-state index contributed by atoms with van der Waals surface area (Å²) in [4.78, 5) is 0. The van der Waals surface area contributed by atoms with Gasteiger partial charge in [0.1, 0.15) is 0 Å². The lowest BCUT2D eigenvalue weighted by Crippen LogP contribution is -2.45. The third kappa shape index (κ3) is 6.03. The SMILES string of the molecule is C=C/C(=C\C=C/C)CC[C@H]1CN(S(=O)(=O)C(F)(F)F)CC2=C(C(F)(F)F)CCC=C2N1. The average molecular weight is 470 g/mol. The first-order chi connectivity index (χ1) is 14.3. The molecule has 174 valence electrons. The van der Waals surface area contributed by atoms with Crippen LogP contribution in [0.15, 0.2) is 59.4 Å². The number of hydrogen-bond donors (Lipinski definition) is 1. The largest absolute Gasteiger partial charge is 0.511 e. The Morgan fingerprint density at radius 2 is 1.97 bits per heavy atom. The van der Waals surface area contributed by atoms with Crippen LogP contribution in [-0.4, -0.2) is 43.5 Å². The predicted octanol–water partition coefficient (Wildman–Crippen LogP) is 5.12. The first-order valence-electron chi connectivity index (χ1n) is 9.58. The highest BCUT2D eigenvalue weighted by Gasteiger charge is 2.52. The predicted molar refractivity (Wildman–Crippen MR) is 106 cm³/mol. The summed E-state index contributed by atoms with van der Waals surface area (Å²) in [6.45, 7) is 3.86. The van der Waals surface area contributed by atoms with Crippen LogP contribution in [0.25, 0.3) is 0 Å². The molecule has 0 bridgehead atoms. The molecule has 1 saturated heterocycles. The first-order valence-corrected chi connectivity index (χ1v) is 11.0. The standard InChI is InChI=1S/C20H24F6N2O2S/c1-3-5-7-14(4-2)10-11-15-12-28(31(29,30)20(24,25)26)13-16-17(19(21,22)23)8-6-9-18(16)27-15/h3-5,7,9,15,27H,2,6,8,10-13H2,1H3/b5-3-,14-7+/t15-/m0/s1. The van der Waals surface area contributed by atoms with Crippen molar-refractivity contribution in [1.82, 2.24) is 9.62 Å². The molecular weight excluding hydrogens is 446 g/mol. The summed E-state index contributed by atoms with van der Waals surface area (Å²) < 4.78 is 104. The van der Waals surface area contributed by atoms with Gasteiger partial charge in [0.15, 0.2) is 0 Å². The number of nitrogens with zero attached hydrogens (tertiary/aromatic N) is 1. The number of halogens is 6. The summed E-state index contributed by atoms with van der Waals surface area (Å²) in [5.41, 5.74) is -6.26. The van der Waals surface area contributed by atoms with E-state index in [9.17, 15) is 34.8 Å². The summed E-state index contributed by atoms with van der Waals surface area (Å²) in [7, 11) is -5.81. The summed E-state index contributed by atoms with van der Waals surface area (Å²) in [6, 6.07) is -0.817. The van der Waals surface area contributed by atoms with E-state index in [1.807, 2.05) is 0 Å². The van der Waals surface area contributed by atoms with Gasteiger partial charge in [0.2, 0.25) is 0 Å². The highest BCUT2D eigenvalue weighted by molar-refractivity contribution is 7.90. The van der Waals surface area contributed by atoms with Crippen molar-refractivity contribution in [3.8, 4) is 0 Å². The molecule has 4 nitrogen and oxygen atoms in total. The Balaban J connectivity index is 2.45. The number of nitrogens with one attached hydrogen (secondary N) is 1. The van der Waals surface area contributed by atoms with Gasteiger partial charge in [-0.2, -0.15) is 30.6 Å². The molecule has 0 aromatic carbocycles. The van der Waals surface area contributed by atoms with Crippen molar-refractivity contribution in [2.75, 3.05) is 13.1 Å². The van der Waals surface area contributed by atoms with E-state index >= 15 is 0 Å². The lowest BCUT2D eigenvalue weighted by atomic mass is 9.94. The van der Waals surface area contributed by atoms with Crippen molar-refractivity contribution in [1.29, 1.82) is 0 Å². The molecule has 0 spiro atoms. The molecule has 0 aromatic heterocycles. The Morgan fingerprint density at radius 1 is 1.29 bits per heavy atom. The molecule has 1 N–H and O–H groups in total. The Labute approximate surface area is 177 Å². The molecule has 0 amide bonds. The monoisotopic (exact) mass is 470 g/mol. The van der Waals surface area contributed by atoms with E-state index in [4.69, 9.17) is 0 Å². The molecule has 11 heteroatoms. The number of rotatable bonds is 6. The second-order valence-electron chi connectivity index (χ2n) is 7.21. The molecule has 1 aliphatic carbocycles. The van der Waals surface area contributed by atoms with Crippen molar-refractivity contribution in [3.63, 3.8) is 0 Å². The van der Waals surface area contributed by atoms with Gasteiger partial charge < -0.3 is 5.32 Å². The lowest BCUT2D eigenvalue weighted by molar-refractivity contribution is -0.0950. The summed E-state index contributed by atoms with van der Waals surface area (Å²) in [5.74, 6) is 0. The van der Waals surface area contributed by atoms with Crippen LogP contribution in [0.5, 0.6) is 0 Å². The number of sulfonamides is 1. The van der Waals surface area contributed by atoms with E-state index in [-0.39, 0.29) is 22.8 Å². The Bertz CT molecular complexity index is 911. The van der Waals surface area contributed by atoms with Crippen LogP contribution in [0.1, 0.15) is 32.6 Å². The molecule has 0 unspecified atom stereocenters. The minimum atomic E-state index is -5.81. The average Bonchev–Trinajstić information content (AvgIpc) is 2.85. The molecule has 0 aromatic rings. The van der Waals surface area contributed by atoms with Crippen molar-refractivity contribution in [3.05, 3.63) is 59.4 Å². The van der Waals surface area contributed by atoms with Gasteiger partial charge in [0, 0.05) is 30.4 Å². The van der Waals surface area contributed by atoms with Crippen molar-refractivity contribution in [2.24, 2.45) is 0 Å². The Morgan fingerprint density at radius 3 is 2.52 bits per heavy atom. The maximum atomic E-state index is 13.5. The molecule has 31 heavy (non-hydrogen) atoms. The third-order valence-corrected chi connectivity index (χ3v) is 6.61. The van der Waals surface area contributed by atoms with Gasteiger partial charge in [-0.3, -0.25) is 0 Å². The summed E-state index contributed by atoms with van der Waals surface area (Å²) in [6.07, 6.45) is 3.73. The lowest BCUT2D eigenvalue weighted by Gasteiger charge is -2.25. The van der Waals surface area contributed by atoms with Gasteiger partial charge in [-0.15, -0.1) is 0 Å². The fourth-order valence-corrected chi connectivity index (χ4v) is 4.46. The minimum absolute atomic E-state index is 0.0426. The van der Waals surface area contributed by atoms with Gasteiger partial charge in [-0.1, -0.05) is 37.0 Å². The number of hydrogen-bond acceptors (Lipinski definition) is 3. The van der Waals surface area contributed by atoms with E-state index < -0.39 is 58.4 Å². The van der Waals surface area contributed by atoms with Gasteiger partial charge >= 0.3 is 21.7 Å². The van der Waals surface area contributed by atoms with Crippen molar-refractivity contribution in [2.45, 2.75) is 50.3 Å². The maximum absolute atomic E-state index is 13.5. The number of allylic oxidation sites excluding steroid dienone is 7. The highest BCUT2D eigenvalue weighted by atomic mass is 32.2. The van der Waals surface area contributed by atoms with Gasteiger partial charge in [0.05, 0.1) is 0 Å². The minimum Gasteiger partial charge on any atom is -0.381 e. The van der Waals surface area contributed by atoms with E-state index in [0.717, 1.165) is 5.57 Å². The van der Waals surface area contributed by atoms with Crippen LogP contribution in [0.3, 0.4) is 0 Å². The molecule has 1 heterocycles. The first kappa shape index (κ1) is 25.3. The topological polar surface area (TPSA) is 49.4 Å². The molecule has 1 fully saturated rings. The molecule has 2 aliphatic rings. The van der Waals surface area contributed by atoms with E-state index in [1.165, 1.54) is 6.08 Å². The second-order valence-corrected chi connectivity index (χ2v) is 9.14. The number of fused-ring (bicyclic) bond motifs is 1. The van der Waals surface area contributed by atoms with E-state index in [2.05, 4.69) is 11.9 Å². The van der Waals surface area contributed by atoms with Crippen LogP contribution >= 0.6 is 0 Å². The Kier molecular flexibility index (Phi) is 7.85. The van der Waals surface area contributed by atoms with Crippen LogP contribution in [0.4, 0.5) is 26.3 Å². The maximum Gasteiger partial charge on any atom is 0.511 e. The van der Waals surface area contributed by atoms with Gasteiger partial charge in [0.25, 0.3) is 0 Å². The summed E-state index contributed by atoms with van der Waals surface area (Å²) >= 11 is 0. The highest BCUT2D eigenvalue weighted by Crippen LogP contribution is 2.39. The summed E-state index contributed by atoms with van der Waals surface area (Å²) in [5, 5.41) is 2.86. The van der Waals surface area contributed by atoms with Gasteiger partial charge in [-0.25, -0.2) is 8.42 Å². The van der Waals surface area contributed by atoms with E-state index in [0.29, 0.717) is 6.42 Å². The molecule has 1 atom stereocenters. The van der Waals surface area contributed by atoms with Crippen molar-refractivity contribution >= 4 is 10.0 Å². The fourth-order valence-electron chi connectivity index (χ4n) is 3.50. The number of alkyl halides is 6. The molecule has 0 saturated carbocycles. The zero-order valence-electron chi connectivity index (χ0n) is 16.9. The van der Waals surface area contributed by atoms with Gasteiger partial charge in [-0.05, 0) is 43.8 Å². The van der Waals surface area contributed by atoms with E-state index in [1.54, 1.807) is 31.2 Å². The van der Waals surface area contributed by atoms with Crippen LogP contribution in [0.2, 0.25) is 0 Å². The van der Waals surface area contributed by atoms with Crippen LogP contribution in [0, 0.1) is 0 Å².